The van der Waals surface area contributed by atoms with Crippen molar-refractivity contribution in [1.29, 1.82) is 5.26 Å². The molecule has 0 atom stereocenters. The normalized spacial score (nSPS) is 10.4. The lowest BCUT2D eigenvalue weighted by molar-refractivity contribution is 1.46. The van der Waals surface area contributed by atoms with Gasteiger partial charge in [-0.2, -0.15) is 14.0 Å². The molecule has 0 amide bonds. The summed E-state index contributed by atoms with van der Waals surface area (Å²) in [4.78, 5) is 0. The molecule has 7 heteroatoms. The minimum absolute atomic E-state index is 0.557. The van der Waals surface area contributed by atoms with Gasteiger partial charge < -0.3 is 5.32 Å². The molecule has 1 heterocycles. The molecule has 2 aromatic carbocycles. The van der Waals surface area contributed by atoms with E-state index in [4.69, 9.17) is 16.9 Å². The number of rotatable bonds is 2. The van der Waals surface area contributed by atoms with Crippen LogP contribution in [0.25, 0.3) is 11.0 Å². The lowest BCUT2D eigenvalue weighted by Gasteiger charge is -2.09. The molecule has 0 bridgehead atoms. The summed E-state index contributed by atoms with van der Waals surface area (Å²) in [5.74, 6) is 0. The average molecular weight is 366 g/mol. The Labute approximate surface area is 132 Å². The minimum Gasteiger partial charge on any atom is -0.352 e. The van der Waals surface area contributed by atoms with E-state index in [0.29, 0.717) is 16.3 Å². The zero-order chi connectivity index (χ0) is 14.1. The predicted octanol–water partition coefficient (Wildman–Crippen LogP) is 4.72. The number of benzene rings is 2. The van der Waals surface area contributed by atoms with Crippen molar-refractivity contribution in [1.82, 2.24) is 8.75 Å². The number of nitriles is 1. The van der Waals surface area contributed by atoms with Crippen LogP contribution in [-0.2, 0) is 0 Å². The molecule has 20 heavy (non-hydrogen) atoms. The van der Waals surface area contributed by atoms with Crippen LogP contribution in [-0.4, -0.2) is 8.75 Å². The van der Waals surface area contributed by atoms with Crippen molar-refractivity contribution in [2.45, 2.75) is 0 Å². The molecule has 4 nitrogen and oxygen atoms in total. The lowest BCUT2D eigenvalue weighted by Crippen LogP contribution is -1.93. The van der Waals surface area contributed by atoms with Crippen molar-refractivity contribution < 1.29 is 0 Å². The number of fused-ring (bicyclic) bond motifs is 1. The largest absolute Gasteiger partial charge is 0.352 e. The van der Waals surface area contributed by atoms with Gasteiger partial charge in [0.1, 0.15) is 11.0 Å². The van der Waals surface area contributed by atoms with E-state index in [9.17, 15) is 0 Å². The van der Waals surface area contributed by atoms with Gasteiger partial charge in [0.05, 0.1) is 34.1 Å². The minimum atomic E-state index is 0.557. The second-order valence-electron chi connectivity index (χ2n) is 4.02. The Kier molecular flexibility index (Phi) is 3.57. The van der Waals surface area contributed by atoms with Crippen LogP contribution in [0, 0.1) is 11.3 Å². The molecular weight excluding hydrogens is 360 g/mol. The lowest BCUT2D eigenvalue weighted by atomic mass is 10.2. The number of nitrogens with one attached hydrogen (secondary N) is 1. The first kappa shape index (κ1) is 13.3. The van der Waals surface area contributed by atoms with E-state index in [2.05, 4.69) is 36.1 Å². The summed E-state index contributed by atoms with van der Waals surface area (Å²) in [6.45, 7) is 0. The summed E-state index contributed by atoms with van der Waals surface area (Å²) in [5.41, 5.74) is 3.53. The SMILES string of the molecule is N#Cc1cc(Br)cc(Nc2c(Cl)ccc3nsnc23)c1. The monoisotopic (exact) mass is 364 g/mol. The van der Waals surface area contributed by atoms with Crippen LogP contribution in [0.2, 0.25) is 5.02 Å². The number of anilines is 2. The third kappa shape index (κ3) is 2.48. The molecule has 0 spiro atoms. The quantitative estimate of drug-likeness (QED) is 0.713. The Bertz CT molecular complexity index is 840. The fraction of sp³-hybridized carbons (Fsp3) is 0. The Hall–Kier alpha value is -1.68. The molecule has 0 saturated carbocycles. The van der Waals surface area contributed by atoms with E-state index in [0.717, 1.165) is 32.9 Å². The fourth-order valence-electron chi connectivity index (χ4n) is 1.82. The first-order chi connectivity index (χ1) is 9.67. The van der Waals surface area contributed by atoms with E-state index in [1.54, 1.807) is 18.2 Å². The predicted molar refractivity (Wildman–Crippen MR) is 84.6 cm³/mol. The van der Waals surface area contributed by atoms with Crippen LogP contribution in [0.5, 0.6) is 0 Å². The molecule has 0 aliphatic carbocycles. The van der Waals surface area contributed by atoms with Crippen LogP contribution in [0.4, 0.5) is 11.4 Å². The number of aromatic nitrogens is 2. The fourth-order valence-corrected chi connectivity index (χ4v) is 3.05. The van der Waals surface area contributed by atoms with Gasteiger partial charge in [-0.3, -0.25) is 0 Å². The summed E-state index contributed by atoms with van der Waals surface area (Å²) < 4.78 is 9.25. The summed E-state index contributed by atoms with van der Waals surface area (Å²) in [6, 6.07) is 11.1. The molecule has 3 rings (SSSR count). The van der Waals surface area contributed by atoms with Gasteiger partial charge in [-0.05, 0) is 30.3 Å². The van der Waals surface area contributed by atoms with Crippen LogP contribution < -0.4 is 5.32 Å². The standard InChI is InChI=1S/C13H6BrClN4S/c14-8-3-7(6-16)4-9(5-8)17-12-10(15)1-2-11-13(12)19-20-18-11/h1-5,17H. The maximum Gasteiger partial charge on any atom is 0.129 e. The van der Waals surface area contributed by atoms with E-state index in [1.807, 2.05) is 12.1 Å². The van der Waals surface area contributed by atoms with Gasteiger partial charge in [-0.15, -0.1) is 0 Å². The van der Waals surface area contributed by atoms with Crippen molar-refractivity contribution in [3.8, 4) is 6.07 Å². The van der Waals surface area contributed by atoms with Gasteiger partial charge in [-0.25, -0.2) is 0 Å². The highest BCUT2D eigenvalue weighted by atomic mass is 79.9. The number of halogens is 2. The third-order valence-corrected chi connectivity index (χ3v) is 3.99. The summed E-state index contributed by atoms with van der Waals surface area (Å²) in [6.07, 6.45) is 0. The molecule has 98 valence electrons. The molecule has 0 aliphatic heterocycles. The maximum absolute atomic E-state index is 9.00. The molecule has 0 unspecified atom stereocenters. The Morgan fingerprint density at radius 2 is 2.10 bits per heavy atom. The molecule has 0 radical (unpaired) electrons. The highest BCUT2D eigenvalue weighted by Gasteiger charge is 2.10. The van der Waals surface area contributed by atoms with Gasteiger partial charge in [0.2, 0.25) is 0 Å². The number of hydrogen-bond acceptors (Lipinski definition) is 5. The second-order valence-corrected chi connectivity index (χ2v) is 5.87. The van der Waals surface area contributed by atoms with E-state index in [1.165, 1.54) is 0 Å². The summed E-state index contributed by atoms with van der Waals surface area (Å²) in [5, 5.41) is 12.8. The third-order valence-electron chi connectivity index (χ3n) is 2.67. The first-order valence-corrected chi connectivity index (χ1v) is 7.46. The zero-order valence-corrected chi connectivity index (χ0v) is 13.1. The van der Waals surface area contributed by atoms with Gasteiger partial charge in [0.15, 0.2) is 0 Å². The van der Waals surface area contributed by atoms with Crippen molar-refractivity contribution in [3.63, 3.8) is 0 Å². The maximum atomic E-state index is 9.00. The Morgan fingerprint density at radius 3 is 2.90 bits per heavy atom. The molecule has 0 saturated heterocycles. The van der Waals surface area contributed by atoms with Crippen LogP contribution in [0.15, 0.2) is 34.8 Å². The molecule has 1 aromatic heterocycles. The van der Waals surface area contributed by atoms with Gasteiger partial charge in [-0.1, -0.05) is 27.5 Å². The van der Waals surface area contributed by atoms with Crippen molar-refractivity contribution in [3.05, 3.63) is 45.4 Å². The van der Waals surface area contributed by atoms with Gasteiger partial charge >= 0.3 is 0 Å². The van der Waals surface area contributed by atoms with E-state index >= 15 is 0 Å². The van der Waals surface area contributed by atoms with Crippen molar-refractivity contribution in [2.75, 3.05) is 5.32 Å². The molecule has 3 aromatic rings. The van der Waals surface area contributed by atoms with Crippen LogP contribution in [0.3, 0.4) is 0 Å². The van der Waals surface area contributed by atoms with Crippen molar-refractivity contribution >= 4 is 61.7 Å². The van der Waals surface area contributed by atoms with Gasteiger partial charge in [0.25, 0.3) is 0 Å². The highest BCUT2D eigenvalue weighted by molar-refractivity contribution is 9.10. The average Bonchev–Trinajstić information content (AvgIpc) is 2.90. The smallest absolute Gasteiger partial charge is 0.129 e. The Balaban J connectivity index is 2.10. The van der Waals surface area contributed by atoms with E-state index < -0.39 is 0 Å². The summed E-state index contributed by atoms with van der Waals surface area (Å²) >= 11 is 10.7. The van der Waals surface area contributed by atoms with E-state index in [-0.39, 0.29) is 0 Å². The highest BCUT2D eigenvalue weighted by Crippen LogP contribution is 2.33. The molecule has 1 N–H and O–H groups in total. The number of hydrogen-bond donors (Lipinski definition) is 1. The van der Waals surface area contributed by atoms with Crippen LogP contribution >= 0.6 is 39.3 Å². The topological polar surface area (TPSA) is 61.6 Å². The van der Waals surface area contributed by atoms with Crippen LogP contribution in [0.1, 0.15) is 5.56 Å². The van der Waals surface area contributed by atoms with Crippen molar-refractivity contribution in [2.24, 2.45) is 0 Å². The van der Waals surface area contributed by atoms with Gasteiger partial charge in [0, 0.05) is 10.2 Å². The molecule has 0 aliphatic rings. The first-order valence-electron chi connectivity index (χ1n) is 5.56. The zero-order valence-electron chi connectivity index (χ0n) is 9.89. The molecule has 0 fully saturated rings. The summed E-state index contributed by atoms with van der Waals surface area (Å²) in [7, 11) is 0. The Morgan fingerprint density at radius 1 is 1.25 bits per heavy atom. The molecular formula is C13H6BrClN4S. The second kappa shape index (κ2) is 5.37. The number of nitrogens with zero attached hydrogens (tertiary/aromatic N) is 3.